The molecule has 0 fully saturated rings. The summed E-state index contributed by atoms with van der Waals surface area (Å²) in [6.07, 6.45) is 6.17. The van der Waals surface area contributed by atoms with Crippen LogP contribution in [-0.4, -0.2) is 32.1 Å². The van der Waals surface area contributed by atoms with Gasteiger partial charge in [-0.2, -0.15) is 0 Å². The fourth-order valence-corrected chi connectivity index (χ4v) is 3.59. The van der Waals surface area contributed by atoms with Crippen LogP contribution >= 0.6 is 0 Å². The van der Waals surface area contributed by atoms with E-state index < -0.39 is 0 Å². The topological polar surface area (TPSA) is 90.4 Å². The van der Waals surface area contributed by atoms with Gasteiger partial charge in [-0.15, -0.1) is 0 Å². The number of ether oxygens (including phenoxy) is 1. The van der Waals surface area contributed by atoms with Crippen molar-refractivity contribution in [3.63, 3.8) is 0 Å². The Hall–Kier alpha value is -2.37. The van der Waals surface area contributed by atoms with Gasteiger partial charge in [0.1, 0.15) is 5.75 Å². The van der Waals surface area contributed by atoms with E-state index in [9.17, 15) is 4.79 Å². The Kier molecular flexibility index (Phi) is 11.0. The Labute approximate surface area is 181 Å². The minimum atomic E-state index is -0.0282. The highest BCUT2D eigenvalue weighted by molar-refractivity contribution is 5.76. The van der Waals surface area contributed by atoms with Crippen molar-refractivity contribution in [2.24, 2.45) is 17.4 Å². The van der Waals surface area contributed by atoms with Crippen molar-refractivity contribution < 1.29 is 9.53 Å². The van der Waals surface area contributed by atoms with Gasteiger partial charge in [-0.3, -0.25) is 4.79 Å². The molecule has 0 saturated heterocycles. The molecule has 0 aromatic heterocycles. The van der Waals surface area contributed by atoms with E-state index in [1.54, 1.807) is 7.11 Å². The first-order valence-electron chi connectivity index (χ1n) is 11.0. The highest BCUT2D eigenvalue weighted by atomic mass is 16.5. The SMILES string of the molecule is COc1ccc(CCC(CCc2ccccc2)CC(=O)NC[C@@H](N)CCCN)cc1. The second-order valence-electron chi connectivity index (χ2n) is 7.98. The normalized spacial score (nSPS) is 12.9. The molecule has 164 valence electrons. The first-order chi connectivity index (χ1) is 14.6. The van der Waals surface area contributed by atoms with Crippen molar-refractivity contribution in [1.29, 1.82) is 0 Å². The third kappa shape index (κ3) is 9.42. The summed E-state index contributed by atoms with van der Waals surface area (Å²) in [6, 6.07) is 18.6. The zero-order valence-electron chi connectivity index (χ0n) is 18.2. The van der Waals surface area contributed by atoms with Crippen LogP contribution in [0.1, 0.15) is 43.2 Å². The van der Waals surface area contributed by atoms with Crippen LogP contribution in [0.15, 0.2) is 54.6 Å². The van der Waals surface area contributed by atoms with Crippen molar-refractivity contribution >= 4 is 5.91 Å². The molecule has 5 heteroatoms. The molecule has 0 radical (unpaired) electrons. The molecule has 30 heavy (non-hydrogen) atoms. The number of hydrogen-bond donors (Lipinski definition) is 3. The van der Waals surface area contributed by atoms with Crippen LogP contribution in [0.4, 0.5) is 0 Å². The van der Waals surface area contributed by atoms with Gasteiger partial charge < -0.3 is 21.5 Å². The average molecular weight is 412 g/mol. The molecule has 0 spiro atoms. The number of benzene rings is 2. The van der Waals surface area contributed by atoms with Crippen molar-refractivity contribution in [3.8, 4) is 5.75 Å². The van der Waals surface area contributed by atoms with Crippen molar-refractivity contribution in [2.75, 3.05) is 20.2 Å². The lowest BCUT2D eigenvalue weighted by Crippen LogP contribution is -2.38. The molecule has 5 nitrogen and oxygen atoms in total. The van der Waals surface area contributed by atoms with Crippen LogP contribution in [0.5, 0.6) is 5.75 Å². The minimum Gasteiger partial charge on any atom is -0.497 e. The maximum absolute atomic E-state index is 12.5. The Morgan fingerprint density at radius 2 is 1.60 bits per heavy atom. The molecule has 0 aliphatic heterocycles. The smallest absolute Gasteiger partial charge is 0.220 e. The standard InChI is InChI=1S/C25H37N3O2/c1-30-24-15-13-21(14-16-24)10-12-22(11-9-20-6-3-2-4-7-20)18-25(29)28-19-23(27)8-5-17-26/h2-4,6-7,13-16,22-23H,5,8-12,17-19,26-27H2,1H3,(H,28,29)/t22?,23-/m0/s1. The molecule has 2 rings (SSSR count). The molecule has 2 aromatic rings. The number of nitrogens with one attached hydrogen (secondary N) is 1. The summed E-state index contributed by atoms with van der Waals surface area (Å²) in [5.41, 5.74) is 14.2. The zero-order chi connectivity index (χ0) is 21.6. The highest BCUT2D eigenvalue weighted by Gasteiger charge is 2.15. The third-order valence-electron chi connectivity index (χ3n) is 5.50. The van der Waals surface area contributed by atoms with Gasteiger partial charge >= 0.3 is 0 Å². The Bertz CT molecular complexity index is 719. The van der Waals surface area contributed by atoms with Gasteiger partial charge in [-0.1, -0.05) is 42.5 Å². The average Bonchev–Trinajstić information content (AvgIpc) is 2.79. The summed E-state index contributed by atoms with van der Waals surface area (Å²) < 4.78 is 5.24. The van der Waals surface area contributed by atoms with Gasteiger partial charge in [0.05, 0.1) is 7.11 Å². The number of nitrogens with two attached hydrogens (primary N) is 2. The molecule has 2 aromatic carbocycles. The number of methoxy groups -OCH3 is 1. The molecule has 0 bridgehead atoms. The Morgan fingerprint density at radius 1 is 0.967 bits per heavy atom. The molecular weight excluding hydrogens is 374 g/mol. The van der Waals surface area contributed by atoms with E-state index in [0.717, 1.165) is 44.3 Å². The number of aryl methyl sites for hydroxylation is 2. The van der Waals surface area contributed by atoms with Crippen molar-refractivity contribution in [3.05, 3.63) is 65.7 Å². The molecule has 5 N–H and O–H groups in total. The van der Waals surface area contributed by atoms with Crippen LogP contribution in [0.2, 0.25) is 0 Å². The summed E-state index contributed by atoms with van der Waals surface area (Å²) in [7, 11) is 1.68. The number of carbonyl (C=O) groups is 1. The summed E-state index contributed by atoms with van der Waals surface area (Å²) in [4.78, 5) is 12.5. The molecule has 0 aliphatic rings. The summed E-state index contributed by atoms with van der Waals surface area (Å²) in [6.45, 7) is 1.15. The zero-order valence-corrected chi connectivity index (χ0v) is 18.2. The van der Waals surface area contributed by atoms with E-state index in [1.807, 2.05) is 18.2 Å². The van der Waals surface area contributed by atoms with Crippen LogP contribution < -0.4 is 21.5 Å². The third-order valence-corrected chi connectivity index (χ3v) is 5.50. The largest absolute Gasteiger partial charge is 0.497 e. The molecule has 0 aliphatic carbocycles. The van der Waals surface area contributed by atoms with Gasteiger partial charge in [0.25, 0.3) is 0 Å². The first kappa shape index (κ1) is 23.9. The lowest BCUT2D eigenvalue weighted by atomic mass is 9.90. The summed E-state index contributed by atoms with van der Waals surface area (Å²) in [5, 5.41) is 3.01. The lowest BCUT2D eigenvalue weighted by Gasteiger charge is -2.18. The Morgan fingerprint density at radius 3 is 2.20 bits per heavy atom. The van der Waals surface area contributed by atoms with Crippen LogP contribution in [-0.2, 0) is 17.6 Å². The van der Waals surface area contributed by atoms with Gasteiger partial charge in [-0.25, -0.2) is 0 Å². The van der Waals surface area contributed by atoms with E-state index in [1.165, 1.54) is 11.1 Å². The van der Waals surface area contributed by atoms with Crippen LogP contribution in [0.3, 0.4) is 0 Å². The molecule has 1 unspecified atom stereocenters. The van der Waals surface area contributed by atoms with Gasteiger partial charge in [0.15, 0.2) is 0 Å². The van der Waals surface area contributed by atoms with E-state index in [-0.39, 0.29) is 11.9 Å². The van der Waals surface area contributed by atoms with E-state index in [0.29, 0.717) is 25.4 Å². The summed E-state index contributed by atoms with van der Waals surface area (Å²) >= 11 is 0. The van der Waals surface area contributed by atoms with E-state index >= 15 is 0 Å². The molecule has 2 atom stereocenters. The summed E-state index contributed by atoms with van der Waals surface area (Å²) in [5.74, 6) is 1.28. The van der Waals surface area contributed by atoms with E-state index in [4.69, 9.17) is 16.2 Å². The highest BCUT2D eigenvalue weighted by Crippen LogP contribution is 2.21. The van der Waals surface area contributed by atoms with Gasteiger partial charge in [-0.05, 0) is 74.2 Å². The number of carbonyl (C=O) groups excluding carboxylic acids is 1. The molecule has 1 amide bonds. The van der Waals surface area contributed by atoms with Gasteiger partial charge in [0.2, 0.25) is 5.91 Å². The fraction of sp³-hybridized carbons (Fsp3) is 0.480. The van der Waals surface area contributed by atoms with Gasteiger partial charge in [0, 0.05) is 19.0 Å². The maximum Gasteiger partial charge on any atom is 0.220 e. The number of amides is 1. The number of hydrogen-bond acceptors (Lipinski definition) is 4. The second-order valence-corrected chi connectivity index (χ2v) is 7.98. The van der Waals surface area contributed by atoms with Crippen LogP contribution in [0.25, 0.3) is 0 Å². The second kappa shape index (κ2) is 13.8. The van der Waals surface area contributed by atoms with Crippen molar-refractivity contribution in [2.45, 2.75) is 51.0 Å². The minimum absolute atomic E-state index is 0.0282. The fourth-order valence-electron chi connectivity index (χ4n) is 3.59. The quantitative estimate of drug-likeness (QED) is 0.444. The monoisotopic (exact) mass is 411 g/mol. The van der Waals surface area contributed by atoms with E-state index in [2.05, 4.69) is 41.7 Å². The van der Waals surface area contributed by atoms with Crippen molar-refractivity contribution in [1.82, 2.24) is 5.32 Å². The molecule has 0 saturated carbocycles. The predicted molar refractivity (Wildman–Crippen MR) is 123 cm³/mol. The lowest BCUT2D eigenvalue weighted by molar-refractivity contribution is -0.122. The maximum atomic E-state index is 12.5. The Balaban J connectivity index is 1.87. The molecule has 0 heterocycles. The predicted octanol–water partition coefficient (Wildman–Crippen LogP) is 3.45. The first-order valence-corrected chi connectivity index (χ1v) is 11.0. The number of rotatable bonds is 14. The van der Waals surface area contributed by atoms with Crippen LogP contribution in [0, 0.1) is 5.92 Å². The molecular formula is C25H37N3O2.